The summed E-state index contributed by atoms with van der Waals surface area (Å²) < 4.78 is 15.8. The van der Waals surface area contributed by atoms with Crippen LogP contribution in [-0.4, -0.2) is 4.57 Å². The van der Waals surface area contributed by atoms with Crippen molar-refractivity contribution < 1.29 is 4.39 Å². The number of hydrogen-bond donors (Lipinski definition) is 0. The lowest BCUT2D eigenvalue weighted by molar-refractivity contribution is 0.629. The van der Waals surface area contributed by atoms with Gasteiger partial charge < -0.3 is 4.57 Å². The number of halogens is 1. The Morgan fingerprint density at radius 3 is 2.19 bits per heavy atom. The summed E-state index contributed by atoms with van der Waals surface area (Å²) in [5.74, 6) is -0.408. The summed E-state index contributed by atoms with van der Waals surface area (Å²) in [4.78, 5) is 12.7. The third kappa shape index (κ3) is 2.82. The van der Waals surface area contributed by atoms with Crippen LogP contribution in [0.3, 0.4) is 0 Å². The molecular weight excluding hydrogens is 325 g/mol. The van der Waals surface area contributed by atoms with Crippen LogP contribution < -0.4 is 5.43 Å². The van der Waals surface area contributed by atoms with Crippen LogP contribution in [0.4, 0.5) is 4.39 Å². The van der Waals surface area contributed by atoms with E-state index in [0.717, 1.165) is 28.1 Å². The van der Waals surface area contributed by atoms with Crippen molar-refractivity contribution in [3.05, 3.63) is 100.0 Å². The average Bonchev–Trinajstić information content (AvgIpc) is 2.62. The summed E-state index contributed by atoms with van der Waals surface area (Å²) in [5.41, 5.74) is 5.47. The van der Waals surface area contributed by atoms with Crippen LogP contribution in [0.15, 0.2) is 77.6 Å². The van der Waals surface area contributed by atoms with Gasteiger partial charge in [-0.3, -0.25) is 4.79 Å². The van der Waals surface area contributed by atoms with Crippen molar-refractivity contribution >= 4 is 10.9 Å². The second-order valence-corrected chi connectivity index (χ2v) is 6.60. The number of fused-ring (bicyclic) bond motifs is 1. The van der Waals surface area contributed by atoms with Crippen molar-refractivity contribution in [1.29, 1.82) is 0 Å². The fourth-order valence-electron chi connectivity index (χ4n) is 3.48. The number of aromatic nitrogens is 1. The molecule has 4 aromatic rings. The highest BCUT2D eigenvalue weighted by atomic mass is 19.1. The summed E-state index contributed by atoms with van der Waals surface area (Å²) in [7, 11) is 0. The minimum absolute atomic E-state index is 0.182. The minimum Gasteiger partial charge on any atom is -0.309 e. The van der Waals surface area contributed by atoms with Gasteiger partial charge in [0.25, 0.3) is 0 Å². The first kappa shape index (κ1) is 16.3. The van der Waals surface area contributed by atoms with Crippen molar-refractivity contribution in [2.24, 2.45) is 0 Å². The lowest BCUT2D eigenvalue weighted by Gasteiger charge is -2.18. The van der Waals surface area contributed by atoms with Crippen LogP contribution in [0, 0.1) is 19.7 Å². The molecule has 0 saturated carbocycles. The van der Waals surface area contributed by atoms with E-state index in [1.807, 2.05) is 48.7 Å². The molecule has 3 aromatic carbocycles. The smallest absolute Gasteiger partial charge is 0.190 e. The van der Waals surface area contributed by atoms with E-state index in [1.54, 1.807) is 12.1 Å². The van der Waals surface area contributed by atoms with E-state index in [0.29, 0.717) is 10.9 Å². The number of hydrogen-bond acceptors (Lipinski definition) is 1. The molecule has 4 rings (SSSR count). The molecule has 0 aliphatic heterocycles. The Hall–Kier alpha value is -3.20. The molecule has 0 aliphatic carbocycles. The fourth-order valence-corrected chi connectivity index (χ4v) is 3.48. The molecule has 0 spiro atoms. The Kier molecular flexibility index (Phi) is 3.92. The molecule has 2 nitrogen and oxygen atoms in total. The second kappa shape index (κ2) is 6.26. The van der Waals surface area contributed by atoms with Gasteiger partial charge in [-0.25, -0.2) is 4.39 Å². The molecule has 0 saturated heterocycles. The molecule has 26 heavy (non-hydrogen) atoms. The van der Waals surface area contributed by atoms with E-state index >= 15 is 0 Å². The zero-order chi connectivity index (χ0) is 18.3. The molecule has 0 N–H and O–H groups in total. The van der Waals surface area contributed by atoms with Crippen molar-refractivity contribution in [2.45, 2.75) is 13.8 Å². The van der Waals surface area contributed by atoms with Crippen molar-refractivity contribution in [3.63, 3.8) is 0 Å². The lowest BCUT2D eigenvalue weighted by atomic mass is 10.1. The summed E-state index contributed by atoms with van der Waals surface area (Å²) in [5, 5.41) is 0.379. The third-order valence-corrected chi connectivity index (χ3v) is 4.51. The zero-order valence-electron chi connectivity index (χ0n) is 14.7. The predicted octanol–water partition coefficient (Wildman–Crippen LogP) is 5.41. The van der Waals surface area contributed by atoms with Crippen LogP contribution in [0.5, 0.6) is 0 Å². The second-order valence-electron chi connectivity index (χ2n) is 6.60. The number of nitrogens with zero attached hydrogens (tertiary/aromatic N) is 1. The summed E-state index contributed by atoms with van der Waals surface area (Å²) in [6, 6.07) is 22.0. The van der Waals surface area contributed by atoms with Gasteiger partial charge in [-0.2, -0.15) is 0 Å². The molecule has 1 aromatic heterocycles. The molecular formula is C23H18FNO. The average molecular weight is 343 g/mol. The molecule has 1 heterocycles. The Labute approximate surface area is 151 Å². The summed E-state index contributed by atoms with van der Waals surface area (Å²) in [6.45, 7) is 4.09. The highest BCUT2D eigenvalue weighted by Gasteiger charge is 2.13. The standard InChI is InChI=1S/C23H18FNO/c1-15-10-16(2)12-19(11-15)25-21-9-8-18(24)13-20(21)23(26)14-22(25)17-6-4-3-5-7-17/h3-14H,1-2H3. The summed E-state index contributed by atoms with van der Waals surface area (Å²) >= 11 is 0. The molecule has 0 radical (unpaired) electrons. The SMILES string of the molecule is Cc1cc(C)cc(-n2c(-c3ccccc3)cc(=O)c3cc(F)ccc32)c1. The van der Waals surface area contributed by atoms with Gasteiger partial charge in [0.05, 0.1) is 11.2 Å². The van der Waals surface area contributed by atoms with E-state index in [-0.39, 0.29) is 5.43 Å². The maximum Gasteiger partial charge on any atom is 0.190 e. The minimum atomic E-state index is -0.408. The Bertz CT molecular complexity index is 1160. The van der Waals surface area contributed by atoms with Crippen LogP contribution in [0.2, 0.25) is 0 Å². The van der Waals surface area contributed by atoms with Crippen LogP contribution in [-0.2, 0) is 0 Å². The van der Waals surface area contributed by atoms with Crippen LogP contribution >= 0.6 is 0 Å². The van der Waals surface area contributed by atoms with Gasteiger partial charge in [0.15, 0.2) is 5.43 Å². The van der Waals surface area contributed by atoms with Crippen molar-refractivity contribution in [3.8, 4) is 16.9 Å². The first-order chi connectivity index (χ1) is 12.5. The molecule has 0 aliphatic rings. The number of benzene rings is 3. The topological polar surface area (TPSA) is 22.0 Å². The summed E-state index contributed by atoms with van der Waals surface area (Å²) in [6.07, 6.45) is 0. The predicted molar refractivity (Wildman–Crippen MR) is 104 cm³/mol. The Morgan fingerprint density at radius 2 is 1.50 bits per heavy atom. The van der Waals surface area contributed by atoms with E-state index in [4.69, 9.17) is 0 Å². The van der Waals surface area contributed by atoms with Gasteiger partial charge in [0.1, 0.15) is 5.82 Å². The maximum atomic E-state index is 13.8. The maximum absolute atomic E-state index is 13.8. The highest BCUT2D eigenvalue weighted by molar-refractivity contribution is 5.85. The van der Waals surface area contributed by atoms with E-state index < -0.39 is 5.82 Å². The largest absolute Gasteiger partial charge is 0.309 e. The number of aryl methyl sites for hydroxylation is 2. The van der Waals surface area contributed by atoms with Gasteiger partial charge >= 0.3 is 0 Å². The molecule has 0 bridgehead atoms. The Morgan fingerprint density at radius 1 is 0.808 bits per heavy atom. The first-order valence-electron chi connectivity index (χ1n) is 8.52. The van der Waals surface area contributed by atoms with Crippen molar-refractivity contribution in [2.75, 3.05) is 0 Å². The van der Waals surface area contributed by atoms with Gasteiger partial charge in [-0.15, -0.1) is 0 Å². The number of rotatable bonds is 2. The third-order valence-electron chi connectivity index (χ3n) is 4.51. The lowest BCUT2D eigenvalue weighted by Crippen LogP contribution is -2.11. The van der Waals surface area contributed by atoms with Gasteiger partial charge in [-0.05, 0) is 60.9 Å². The zero-order valence-corrected chi connectivity index (χ0v) is 14.7. The Balaban J connectivity index is 2.17. The van der Waals surface area contributed by atoms with Crippen LogP contribution in [0.1, 0.15) is 11.1 Å². The molecule has 0 unspecified atom stereocenters. The molecule has 128 valence electrons. The van der Waals surface area contributed by atoms with Gasteiger partial charge in [0, 0.05) is 17.1 Å². The molecule has 0 atom stereocenters. The normalized spacial score (nSPS) is 11.0. The quantitative estimate of drug-likeness (QED) is 0.477. The number of pyridine rings is 1. The van der Waals surface area contributed by atoms with E-state index in [1.165, 1.54) is 12.1 Å². The highest BCUT2D eigenvalue weighted by Crippen LogP contribution is 2.28. The van der Waals surface area contributed by atoms with Gasteiger partial charge in [-0.1, -0.05) is 36.4 Å². The first-order valence-corrected chi connectivity index (χ1v) is 8.52. The van der Waals surface area contributed by atoms with Crippen molar-refractivity contribution in [1.82, 2.24) is 4.57 Å². The van der Waals surface area contributed by atoms with Crippen LogP contribution in [0.25, 0.3) is 27.8 Å². The monoisotopic (exact) mass is 343 g/mol. The van der Waals surface area contributed by atoms with Gasteiger partial charge in [0.2, 0.25) is 0 Å². The fraction of sp³-hybridized carbons (Fsp3) is 0.0870. The van der Waals surface area contributed by atoms with E-state index in [9.17, 15) is 9.18 Å². The molecule has 0 fully saturated rings. The molecule has 3 heteroatoms. The molecule has 0 amide bonds. The van der Waals surface area contributed by atoms with E-state index in [2.05, 4.69) is 18.2 Å².